The average molecular weight is 401 g/mol. The van der Waals surface area contributed by atoms with Crippen LogP contribution in [0.3, 0.4) is 0 Å². The van der Waals surface area contributed by atoms with Gasteiger partial charge in [-0.1, -0.05) is 30.3 Å². The fourth-order valence-electron chi connectivity index (χ4n) is 3.76. The molecule has 5 nitrogen and oxygen atoms in total. The highest BCUT2D eigenvalue weighted by molar-refractivity contribution is 6.11. The van der Waals surface area contributed by atoms with E-state index in [1.165, 1.54) is 21.9 Å². The second-order valence-electron chi connectivity index (χ2n) is 6.83. The highest BCUT2D eigenvalue weighted by atomic mass is 19.4. The number of amides is 3. The number of hydrogen-bond donors (Lipinski definition) is 1. The molecule has 0 fully saturated rings. The van der Waals surface area contributed by atoms with E-state index in [2.05, 4.69) is 5.32 Å². The van der Waals surface area contributed by atoms with Crippen molar-refractivity contribution in [2.45, 2.75) is 19.1 Å². The highest BCUT2D eigenvalue weighted by Gasteiger charge is 2.44. The molecule has 2 aromatic rings. The number of likely N-dealkylation sites (N-methyl/N-ethyl adjacent to an activating group) is 1. The minimum absolute atomic E-state index is 0.129. The third kappa shape index (κ3) is 3.24. The van der Waals surface area contributed by atoms with Gasteiger partial charge in [0.15, 0.2) is 0 Å². The van der Waals surface area contributed by atoms with Crippen LogP contribution >= 0.6 is 0 Å². The molecule has 150 valence electrons. The van der Waals surface area contributed by atoms with Crippen LogP contribution < -0.4 is 10.2 Å². The molecule has 0 radical (unpaired) electrons. The van der Waals surface area contributed by atoms with Gasteiger partial charge in [-0.2, -0.15) is 13.2 Å². The van der Waals surface area contributed by atoms with Crippen LogP contribution in [0.1, 0.15) is 24.1 Å². The normalized spacial score (nSPS) is 19.5. The van der Waals surface area contributed by atoms with Crippen LogP contribution in [-0.2, 0) is 11.0 Å². The lowest BCUT2D eigenvalue weighted by molar-refractivity contribution is -0.137. The van der Waals surface area contributed by atoms with Gasteiger partial charge in [-0.3, -0.25) is 9.69 Å². The SMILES string of the molecule is CCN1C(=O)N[C@@H](c2ccccc2)C2=C1CN(c1ccc(C(F)(F)F)cc1)C2=O. The van der Waals surface area contributed by atoms with Crippen molar-refractivity contribution in [1.82, 2.24) is 10.2 Å². The summed E-state index contributed by atoms with van der Waals surface area (Å²) in [5.74, 6) is -0.327. The summed E-state index contributed by atoms with van der Waals surface area (Å²) >= 11 is 0. The number of urea groups is 1. The Hall–Kier alpha value is -3.29. The molecule has 0 bridgehead atoms. The molecule has 0 aliphatic carbocycles. The summed E-state index contributed by atoms with van der Waals surface area (Å²) in [6.45, 7) is 2.31. The van der Waals surface area contributed by atoms with Gasteiger partial charge < -0.3 is 10.2 Å². The smallest absolute Gasteiger partial charge is 0.326 e. The van der Waals surface area contributed by atoms with Crippen molar-refractivity contribution in [3.63, 3.8) is 0 Å². The molecule has 8 heteroatoms. The number of anilines is 1. The van der Waals surface area contributed by atoms with Crippen molar-refractivity contribution in [2.75, 3.05) is 18.0 Å². The van der Waals surface area contributed by atoms with E-state index in [1.54, 1.807) is 6.92 Å². The van der Waals surface area contributed by atoms with Gasteiger partial charge in [0.05, 0.1) is 29.4 Å². The monoisotopic (exact) mass is 401 g/mol. The van der Waals surface area contributed by atoms with Crippen molar-refractivity contribution in [3.8, 4) is 0 Å². The maximum atomic E-state index is 13.2. The Morgan fingerprint density at radius 3 is 2.28 bits per heavy atom. The standard InChI is InChI=1S/C21H18F3N3O2/c1-2-26-16-12-27(15-10-8-14(9-11-15)21(22,23)24)19(28)17(16)18(25-20(26)29)13-6-4-3-5-7-13/h3-11,18H,2,12H2,1H3,(H,25,29)/t18-/m0/s1. The van der Waals surface area contributed by atoms with Crippen molar-refractivity contribution in [3.05, 3.63) is 77.0 Å². The second-order valence-corrected chi connectivity index (χ2v) is 6.83. The van der Waals surface area contributed by atoms with Crippen LogP contribution in [-0.4, -0.2) is 29.9 Å². The Morgan fingerprint density at radius 2 is 1.69 bits per heavy atom. The van der Waals surface area contributed by atoms with Gasteiger partial charge in [0, 0.05) is 12.2 Å². The van der Waals surface area contributed by atoms with Gasteiger partial charge in [-0.15, -0.1) is 0 Å². The van der Waals surface area contributed by atoms with Gasteiger partial charge in [0.25, 0.3) is 5.91 Å². The zero-order valence-corrected chi connectivity index (χ0v) is 15.5. The van der Waals surface area contributed by atoms with E-state index in [1.807, 2.05) is 30.3 Å². The molecule has 0 unspecified atom stereocenters. The predicted octanol–water partition coefficient (Wildman–Crippen LogP) is 4.09. The van der Waals surface area contributed by atoms with Crippen molar-refractivity contribution >= 4 is 17.6 Å². The minimum Gasteiger partial charge on any atom is -0.326 e. The van der Waals surface area contributed by atoms with E-state index in [0.717, 1.165) is 17.7 Å². The van der Waals surface area contributed by atoms with E-state index in [4.69, 9.17) is 0 Å². The first-order chi connectivity index (χ1) is 13.8. The lowest BCUT2D eigenvalue weighted by atomic mass is 9.95. The van der Waals surface area contributed by atoms with E-state index in [-0.39, 0.29) is 18.5 Å². The second kappa shape index (κ2) is 6.95. The maximum absolute atomic E-state index is 13.2. The first kappa shape index (κ1) is 19.0. The third-order valence-corrected chi connectivity index (χ3v) is 5.18. The number of carbonyl (C=O) groups is 2. The van der Waals surface area contributed by atoms with Crippen LogP contribution in [0.4, 0.5) is 23.7 Å². The van der Waals surface area contributed by atoms with Gasteiger partial charge in [0.2, 0.25) is 0 Å². The lowest BCUT2D eigenvalue weighted by Crippen LogP contribution is -2.47. The number of halogens is 3. The van der Waals surface area contributed by atoms with Crippen molar-refractivity contribution < 1.29 is 22.8 Å². The molecule has 2 aliphatic heterocycles. The quantitative estimate of drug-likeness (QED) is 0.842. The molecule has 3 amide bonds. The fraction of sp³-hybridized carbons (Fsp3) is 0.238. The van der Waals surface area contributed by atoms with Gasteiger partial charge in [-0.05, 0) is 36.8 Å². The number of rotatable bonds is 3. The van der Waals surface area contributed by atoms with Crippen LogP contribution in [0.25, 0.3) is 0 Å². The molecule has 0 aromatic heterocycles. The van der Waals surface area contributed by atoms with Crippen LogP contribution in [0, 0.1) is 0 Å². The van der Waals surface area contributed by atoms with Crippen LogP contribution in [0.5, 0.6) is 0 Å². The van der Waals surface area contributed by atoms with Gasteiger partial charge in [-0.25, -0.2) is 4.79 Å². The van der Waals surface area contributed by atoms with Crippen LogP contribution in [0.15, 0.2) is 65.9 Å². The van der Waals surface area contributed by atoms with Gasteiger partial charge in [0.1, 0.15) is 0 Å². The molecule has 2 heterocycles. The highest BCUT2D eigenvalue weighted by Crippen LogP contribution is 2.38. The predicted molar refractivity (Wildman–Crippen MR) is 101 cm³/mol. The zero-order chi connectivity index (χ0) is 20.8. The Labute approximate surface area is 165 Å². The van der Waals surface area contributed by atoms with Crippen LogP contribution in [0.2, 0.25) is 0 Å². The Bertz CT molecular complexity index is 984. The molecule has 29 heavy (non-hydrogen) atoms. The maximum Gasteiger partial charge on any atom is 0.416 e. The number of alkyl halides is 3. The molecule has 0 saturated carbocycles. The summed E-state index contributed by atoms with van der Waals surface area (Å²) in [6, 6.07) is 12.7. The Kier molecular flexibility index (Phi) is 4.56. The summed E-state index contributed by atoms with van der Waals surface area (Å²) in [6.07, 6.45) is -4.45. The molecular weight excluding hydrogens is 383 g/mol. The number of nitrogens with one attached hydrogen (secondary N) is 1. The van der Waals surface area contributed by atoms with E-state index in [9.17, 15) is 22.8 Å². The molecule has 4 rings (SSSR count). The minimum atomic E-state index is -4.45. The molecule has 1 N–H and O–H groups in total. The number of benzene rings is 2. The Morgan fingerprint density at radius 1 is 1.03 bits per heavy atom. The lowest BCUT2D eigenvalue weighted by Gasteiger charge is -2.32. The fourth-order valence-corrected chi connectivity index (χ4v) is 3.76. The summed E-state index contributed by atoms with van der Waals surface area (Å²) in [4.78, 5) is 28.7. The first-order valence-electron chi connectivity index (χ1n) is 9.16. The third-order valence-electron chi connectivity index (χ3n) is 5.18. The summed E-state index contributed by atoms with van der Waals surface area (Å²) in [5.41, 5.74) is 1.37. The summed E-state index contributed by atoms with van der Waals surface area (Å²) < 4.78 is 38.6. The number of hydrogen-bond acceptors (Lipinski definition) is 2. The average Bonchev–Trinajstić information content (AvgIpc) is 3.05. The molecule has 1 atom stereocenters. The molecule has 0 spiro atoms. The summed E-state index contributed by atoms with van der Waals surface area (Å²) in [5, 5.41) is 2.87. The first-order valence-corrected chi connectivity index (χ1v) is 9.16. The molecule has 0 saturated heterocycles. The number of carbonyl (C=O) groups excluding carboxylic acids is 2. The molecule has 2 aliphatic rings. The van der Waals surface area contributed by atoms with E-state index in [0.29, 0.717) is 23.5 Å². The topological polar surface area (TPSA) is 52.7 Å². The van der Waals surface area contributed by atoms with E-state index < -0.39 is 17.8 Å². The summed E-state index contributed by atoms with van der Waals surface area (Å²) in [7, 11) is 0. The molecular formula is C21H18F3N3O2. The molecule has 2 aromatic carbocycles. The van der Waals surface area contributed by atoms with Gasteiger partial charge >= 0.3 is 12.2 Å². The number of nitrogens with zero attached hydrogens (tertiary/aromatic N) is 2. The zero-order valence-electron chi connectivity index (χ0n) is 15.5. The largest absolute Gasteiger partial charge is 0.416 e. The van der Waals surface area contributed by atoms with Crippen molar-refractivity contribution in [2.24, 2.45) is 0 Å². The Balaban J connectivity index is 1.72. The van der Waals surface area contributed by atoms with Crippen molar-refractivity contribution in [1.29, 1.82) is 0 Å². The van der Waals surface area contributed by atoms with E-state index >= 15 is 0 Å².